The van der Waals surface area contributed by atoms with Gasteiger partial charge in [0.05, 0.1) is 23.9 Å². The molecule has 6 nitrogen and oxygen atoms in total. The predicted octanol–water partition coefficient (Wildman–Crippen LogP) is 3.56. The lowest BCUT2D eigenvalue weighted by Gasteiger charge is -2.01. The standard InChI is InChI=1S/C18H14N6S/c1-12-5-4-6-13(9-12)17-22-24-16(20-21-18(24)25-17)10-23-11-19-14-7-2-3-8-15(14)23/h2-9,11H,10H2,1H3. The number of hydrogen-bond acceptors (Lipinski definition) is 5. The fraction of sp³-hybridized carbons (Fsp3) is 0.111. The van der Waals surface area contributed by atoms with Gasteiger partial charge < -0.3 is 4.57 Å². The van der Waals surface area contributed by atoms with Crippen molar-refractivity contribution < 1.29 is 0 Å². The molecule has 0 aliphatic carbocycles. The Bertz CT molecular complexity index is 1200. The Morgan fingerprint density at radius 1 is 1.04 bits per heavy atom. The van der Waals surface area contributed by atoms with Crippen molar-refractivity contribution in [2.45, 2.75) is 13.5 Å². The molecule has 0 fully saturated rings. The zero-order valence-electron chi connectivity index (χ0n) is 13.5. The zero-order chi connectivity index (χ0) is 16.8. The van der Waals surface area contributed by atoms with Gasteiger partial charge in [0.2, 0.25) is 4.96 Å². The van der Waals surface area contributed by atoms with Gasteiger partial charge >= 0.3 is 0 Å². The number of aryl methyl sites for hydroxylation is 1. The molecule has 122 valence electrons. The summed E-state index contributed by atoms with van der Waals surface area (Å²) in [7, 11) is 0. The molecular formula is C18H14N6S. The number of nitrogens with zero attached hydrogens (tertiary/aromatic N) is 6. The molecule has 0 amide bonds. The van der Waals surface area contributed by atoms with Crippen LogP contribution in [0.5, 0.6) is 0 Å². The molecule has 0 unspecified atom stereocenters. The van der Waals surface area contributed by atoms with E-state index in [1.807, 2.05) is 35.1 Å². The van der Waals surface area contributed by atoms with E-state index < -0.39 is 0 Å². The lowest BCUT2D eigenvalue weighted by molar-refractivity contribution is 0.726. The van der Waals surface area contributed by atoms with Crippen LogP contribution in [0.15, 0.2) is 54.9 Å². The van der Waals surface area contributed by atoms with Gasteiger partial charge in [-0.3, -0.25) is 0 Å². The Labute approximate surface area is 147 Å². The van der Waals surface area contributed by atoms with Crippen molar-refractivity contribution in [3.05, 3.63) is 66.2 Å². The van der Waals surface area contributed by atoms with Crippen LogP contribution < -0.4 is 0 Å². The minimum atomic E-state index is 0.582. The highest BCUT2D eigenvalue weighted by Crippen LogP contribution is 2.26. The second-order valence-corrected chi connectivity index (χ2v) is 6.90. The number of imidazole rings is 1. The van der Waals surface area contributed by atoms with E-state index >= 15 is 0 Å². The Balaban J connectivity index is 1.56. The fourth-order valence-electron chi connectivity index (χ4n) is 2.94. The first-order valence-electron chi connectivity index (χ1n) is 7.96. The fourth-order valence-corrected chi connectivity index (χ4v) is 3.79. The lowest BCUT2D eigenvalue weighted by atomic mass is 10.1. The van der Waals surface area contributed by atoms with Crippen molar-refractivity contribution in [1.29, 1.82) is 0 Å². The maximum Gasteiger partial charge on any atom is 0.235 e. The molecule has 3 aromatic heterocycles. The molecule has 0 saturated heterocycles. The topological polar surface area (TPSA) is 60.9 Å². The summed E-state index contributed by atoms with van der Waals surface area (Å²) in [6, 6.07) is 16.4. The van der Waals surface area contributed by atoms with E-state index in [0.29, 0.717) is 6.54 Å². The molecule has 3 heterocycles. The third kappa shape index (κ3) is 2.40. The third-order valence-corrected chi connectivity index (χ3v) is 5.11. The summed E-state index contributed by atoms with van der Waals surface area (Å²) >= 11 is 1.55. The first-order valence-corrected chi connectivity index (χ1v) is 8.77. The first kappa shape index (κ1) is 14.3. The molecule has 0 saturated carbocycles. The third-order valence-electron chi connectivity index (χ3n) is 4.16. The molecule has 5 aromatic rings. The van der Waals surface area contributed by atoms with E-state index in [9.17, 15) is 0 Å². The Hall–Kier alpha value is -3.06. The van der Waals surface area contributed by atoms with Crippen LogP contribution in [-0.2, 0) is 6.54 Å². The molecule has 7 heteroatoms. The van der Waals surface area contributed by atoms with Gasteiger partial charge in [-0.05, 0) is 25.1 Å². The molecule has 0 radical (unpaired) electrons. The van der Waals surface area contributed by atoms with E-state index in [-0.39, 0.29) is 0 Å². The van der Waals surface area contributed by atoms with Gasteiger partial charge in [0.1, 0.15) is 5.01 Å². The van der Waals surface area contributed by atoms with Crippen LogP contribution in [0, 0.1) is 6.92 Å². The SMILES string of the molecule is Cc1cccc(-c2nn3c(Cn4cnc5ccccc54)nnc3s2)c1. The predicted molar refractivity (Wildman–Crippen MR) is 97.7 cm³/mol. The highest BCUT2D eigenvalue weighted by molar-refractivity contribution is 7.19. The number of para-hydroxylation sites is 2. The molecule has 0 atom stereocenters. The summed E-state index contributed by atoms with van der Waals surface area (Å²) in [5.41, 5.74) is 4.37. The average molecular weight is 346 g/mol. The van der Waals surface area contributed by atoms with E-state index in [4.69, 9.17) is 5.10 Å². The van der Waals surface area contributed by atoms with Gasteiger partial charge in [-0.1, -0.05) is 47.2 Å². The Morgan fingerprint density at radius 3 is 2.88 bits per heavy atom. The summed E-state index contributed by atoms with van der Waals surface area (Å²) in [5, 5.41) is 14.3. The summed E-state index contributed by atoms with van der Waals surface area (Å²) in [6.07, 6.45) is 1.83. The van der Waals surface area contributed by atoms with Crippen molar-refractivity contribution in [2.24, 2.45) is 0 Å². The average Bonchev–Trinajstić information content (AvgIpc) is 3.31. The van der Waals surface area contributed by atoms with Crippen molar-refractivity contribution in [2.75, 3.05) is 0 Å². The number of aromatic nitrogens is 6. The van der Waals surface area contributed by atoms with E-state index in [0.717, 1.165) is 32.4 Å². The Morgan fingerprint density at radius 2 is 1.96 bits per heavy atom. The van der Waals surface area contributed by atoms with Gasteiger partial charge in [-0.25, -0.2) is 4.98 Å². The lowest BCUT2D eigenvalue weighted by Crippen LogP contribution is -2.04. The van der Waals surface area contributed by atoms with Crippen molar-refractivity contribution in [3.63, 3.8) is 0 Å². The highest BCUT2D eigenvalue weighted by Gasteiger charge is 2.14. The van der Waals surface area contributed by atoms with Gasteiger partial charge in [0, 0.05) is 5.56 Å². The number of hydrogen-bond donors (Lipinski definition) is 0. The molecule has 2 aromatic carbocycles. The smallest absolute Gasteiger partial charge is 0.235 e. The summed E-state index contributed by atoms with van der Waals surface area (Å²) in [6.45, 7) is 2.66. The monoisotopic (exact) mass is 346 g/mol. The first-order chi connectivity index (χ1) is 12.3. The van der Waals surface area contributed by atoms with Crippen LogP contribution in [0.3, 0.4) is 0 Å². The molecule has 25 heavy (non-hydrogen) atoms. The van der Waals surface area contributed by atoms with Crippen LogP contribution in [0.4, 0.5) is 0 Å². The maximum atomic E-state index is 4.72. The van der Waals surface area contributed by atoms with E-state index in [1.165, 1.54) is 5.56 Å². The van der Waals surface area contributed by atoms with Crippen molar-refractivity contribution in [3.8, 4) is 10.6 Å². The number of benzene rings is 2. The largest absolute Gasteiger partial charge is 0.323 e. The number of rotatable bonds is 3. The molecule has 0 N–H and O–H groups in total. The minimum Gasteiger partial charge on any atom is -0.323 e. The van der Waals surface area contributed by atoms with Crippen LogP contribution in [-0.4, -0.2) is 29.4 Å². The number of fused-ring (bicyclic) bond motifs is 2. The van der Waals surface area contributed by atoms with Gasteiger partial charge in [-0.15, -0.1) is 10.2 Å². The second-order valence-electron chi connectivity index (χ2n) is 5.95. The molecule has 0 bridgehead atoms. The Kier molecular flexibility index (Phi) is 3.14. The highest BCUT2D eigenvalue weighted by atomic mass is 32.1. The van der Waals surface area contributed by atoms with Gasteiger partial charge in [0.25, 0.3) is 0 Å². The van der Waals surface area contributed by atoms with Crippen LogP contribution >= 0.6 is 11.3 Å². The molecular weight excluding hydrogens is 332 g/mol. The quantitative estimate of drug-likeness (QED) is 0.501. The summed E-state index contributed by atoms with van der Waals surface area (Å²) in [5.74, 6) is 0.799. The zero-order valence-corrected chi connectivity index (χ0v) is 14.3. The van der Waals surface area contributed by atoms with Gasteiger partial charge in [-0.2, -0.15) is 9.61 Å². The molecule has 5 rings (SSSR count). The molecule has 0 spiro atoms. The summed E-state index contributed by atoms with van der Waals surface area (Å²) < 4.78 is 3.90. The molecule has 0 aliphatic heterocycles. The molecule has 0 aliphatic rings. The van der Waals surface area contributed by atoms with Crippen LogP contribution in [0.25, 0.3) is 26.6 Å². The van der Waals surface area contributed by atoms with Crippen molar-refractivity contribution >= 4 is 27.3 Å². The summed E-state index contributed by atoms with van der Waals surface area (Å²) in [4.78, 5) is 5.23. The normalized spacial score (nSPS) is 11.6. The van der Waals surface area contributed by atoms with Crippen LogP contribution in [0.1, 0.15) is 11.4 Å². The van der Waals surface area contributed by atoms with E-state index in [1.54, 1.807) is 11.3 Å². The minimum absolute atomic E-state index is 0.582. The second kappa shape index (κ2) is 5.49. The van der Waals surface area contributed by atoms with Crippen molar-refractivity contribution in [1.82, 2.24) is 29.4 Å². The van der Waals surface area contributed by atoms with E-state index in [2.05, 4.69) is 50.9 Å². The van der Waals surface area contributed by atoms with Crippen LogP contribution in [0.2, 0.25) is 0 Å². The van der Waals surface area contributed by atoms with Gasteiger partial charge in [0.15, 0.2) is 5.82 Å². The maximum absolute atomic E-state index is 4.72.